The second kappa shape index (κ2) is 15.1. The Balaban J connectivity index is -0.000000147. The third-order valence-corrected chi connectivity index (χ3v) is 1.26. The lowest BCUT2D eigenvalue weighted by Gasteiger charge is -1.50. The summed E-state index contributed by atoms with van der Waals surface area (Å²) in [6, 6.07) is 0. The molecule has 14 heavy (non-hydrogen) atoms. The van der Waals surface area contributed by atoms with Crippen molar-refractivity contribution in [2.75, 3.05) is 0 Å². The molecule has 0 aliphatic carbocycles. The smallest absolute Gasteiger partial charge is 0.516 e. The van der Waals surface area contributed by atoms with E-state index in [4.69, 9.17) is 29.2 Å². The number of rotatable bonds is 2. The first-order chi connectivity index (χ1) is 6.27. The molecule has 0 saturated carbocycles. The lowest BCUT2D eigenvalue weighted by molar-refractivity contribution is 0.371. The Bertz CT molecular complexity index is 184. The zero-order valence-electron chi connectivity index (χ0n) is 6.50. The quantitative estimate of drug-likeness (QED) is 0.357. The van der Waals surface area contributed by atoms with Gasteiger partial charge in [-0.15, -0.1) is 19.6 Å². The number of aliphatic hydroxyl groups excluding tert-OH is 1. The van der Waals surface area contributed by atoms with E-state index >= 15 is 0 Å². The molecule has 0 aromatic heterocycles. The van der Waals surface area contributed by atoms with Crippen LogP contribution in [0.4, 0.5) is 0 Å². The van der Waals surface area contributed by atoms with Crippen molar-refractivity contribution in [3.05, 3.63) is 12.8 Å². The molecule has 9 nitrogen and oxygen atoms in total. The third-order valence-electron chi connectivity index (χ3n) is 0.140. The summed E-state index contributed by atoms with van der Waals surface area (Å²) < 4.78 is 30.9. The molecule has 0 bridgehead atoms. The van der Waals surface area contributed by atoms with Crippen LogP contribution < -0.4 is 0 Å². The molecule has 0 radical (unpaired) electrons. The van der Waals surface area contributed by atoms with Crippen molar-refractivity contribution < 1.29 is 42.7 Å². The highest BCUT2D eigenvalue weighted by Gasteiger charge is 2.31. The van der Waals surface area contributed by atoms with Crippen molar-refractivity contribution in [2.24, 2.45) is 0 Å². The second-order valence-electron chi connectivity index (χ2n) is 0.993. The number of hydrogen-bond donors (Lipinski definition) is 5. The van der Waals surface area contributed by atoms with Gasteiger partial charge in [-0.2, -0.15) is 0 Å². The van der Waals surface area contributed by atoms with E-state index in [-0.39, 0.29) is 0 Å². The van der Waals surface area contributed by atoms with Crippen LogP contribution in [0.2, 0.25) is 0 Å². The molecule has 0 heterocycles. The van der Waals surface area contributed by atoms with Crippen LogP contribution in [-0.2, 0) is 18.0 Å². The minimum Gasteiger partial charge on any atom is -0.516 e. The molecule has 0 aromatic rings. The average Bonchev–Trinajstić information content (AvgIpc) is 1.82. The van der Waals surface area contributed by atoms with Crippen LogP contribution in [0.1, 0.15) is 0 Å². The minimum atomic E-state index is -2.92. The molecule has 0 spiro atoms. The van der Waals surface area contributed by atoms with Crippen molar-refractivity contribution in [1.82, 2.24) is 0 Å². The fourth-order valence-corrected chi connectivity index (χ4v) is 0.538. The molecule has 12 heteroatoms. The third kappa shape index (κ3) is 99.5. The first kappa shape index (κ1) is 19.2. The van der Waals surface area contributed by atoms with Gasteiger partial charge in [0.1, 0.15) is 0 Å². The highest BCUT2D eigenvalue weighted by Crippen LogP contribution is 2.30. The minimum absolute atomic E-state index is 0.750. The molecule has 2 atom stereocenters. The van der Waals surface area contributed by atoms with Crippen LogP contribution >= 0.6 is 24.8 Å². The van der Waals surface area contributed by atoms with E-state index in [0.717, 1.165) is 6.26 Å². The average molecular weight is 269 g/mol. The molecule has 0 aliphatic rings. The SMILES string of the molecule is C=CO.O=[P+](O)O.O=[P+](O)O[P+](=O)O. The van der Waals surface area contributed by atoms with Crippen LogP contribution in [0.15, 0.2) is 12.8 Å². The molecule has 0 aliphatic heterocycles. The lowest BCUT2D eigenvalue weighted by atomic mass is 11.2. The van der Waals surface area contributed by atoms with E-state index in [1.165, 1.54) is 0 Å². The monoisotopic (exact) mass is 269 g/mol. The predicted molar refractivity (Wildman–Crippen MR) is 45.6 cm³/mol. The van der Waals surface area contributed by atoms with Gasteiger partial charge in [0.2, 0.25) is 0 Å². The van der Waals surface area contributed by atoms with Gasteiger partial charge in [0.05, 0.1) is 6.26 Å². The Morgan fingerprint density at radius 1 is 1.00 bits per heavy atom. The molecule has 2 unspecified atom stereocenters. The Morgan fingerprint density at radius 2 is 1.14 bits per heavy atom. The summed E-state index contributed by atoms with van der Waals surface area (Å²) in [6.07, 6.45) is 0.750. The highest BCUT2D eigenvalue weighted by atomic mass is 31.2. The van der Waals surface area contributed by atoms with Crippen molar-refractivity contribution >= 4 is 24.8 Å². The molecular weight excluding hydrogens is 261 g/mol. The molecule has 0 aromatic carbocycles. The van der Waals surface area contributed by atoms with E-state index in [2.05, 4.69) is 10.9 Å². The van der Waals surface area contributed by atoms with Crippen LogP contribution in [0.5, 0.6) is 0 Å². The highest BCUT2D eigenvalue weighted by molar-refractivity contribution is 7.46. The van der Waals surface area contributed by atoms with E-state index in [1.54, 1.807) is 0 Å². The van der Waals surface area contributed by atoms with Gasteiger partial charge < -0.3 is 5.11 Å². The van der Waals surface area contributed by atoms with Crippen molar-refractivity contribution in [3.63, 3.8) is 0 Å². The van der Waals surface area contributed by atoms with Gasteiger partial charge in [-0.25, -0.2) is 0 Å². The summed E-state index contributed by atoms with van der Waals surface area (Å²) in [6.45, 7) is 2.92. The lowest BCUT2D eigenvalue weighted by Crippen LogP contribution is -1.58. The van der Waals surface area contributed by atoms with Crippen LogP contribution in [0, 0.1) is 0 Å². The van der Waals surface area contributed by atoms with Gasteiger partial charge >= 0.3 is 24.8 Å². The number of hydrogen-bond acceptors (Lipinski definition) is 5. The first-order valence-corrected chi connectivity index (χ1v) is 5.81. The Hall–Kier alpha value is -0.360. The van der Waals surface area contributed by atoms with E-state index < -0.39 is 24.8 Å². The molecular formula is C2H8O9P3+3. The van der Waals surface area contributed by atoms with E-state index in [1.807, 2.05) is 0 Å². The maximum absolute atomic E-state index is 9.39. The normalized spacial score (nSPS) is 9.43. The van der Waals surface area contributed by atoms with Gasteiger partial charge in [0, 0.05) is 13.7 Å². The maximum Gasteiger partial charge on any atom is 0.745 e. The molecule has 0 amide bonds. The zero-order chi connectivity index (χ0) is 12.1. The Labute approximate surface area is 81.1 Å². The number of aliphatic hydroxyl groups is 1. The Kier molecular flexibility index (Phi) is 20.8. The topological polar surface area (TPSA) is 162 Å². The molecule has 0 fully saturated rings. The fraction of sp³-hybridized carbons (Fsp3) is 0. The van der Waals surface area contributed by atoms with Gasteiger partial charge in [0.25, 0.3) is 0 Å². The van der Waals surface area contributed by atoms with Gasteiger partial charge in [0.15, 0.2) is 4.31 Å². The van der Waals surface area contributed by atoms with E-state index in [0.29, 0.717) is 0 Å². The van der Waals surface area contributed by atoms with Crippen molar-refractivity contribution in [1.29, 1.82) is 0 Å². The summed E-state index contributed by atoms with van der Waals surface area (Å²) in [5, 5.41) is 7.33. The summed E-state index contributed by atoms with van der Waals surface area (Å²) in [4.78, 5) is 29.6. The first-order valence-electron chi connectivity index (χ1n) is 2.38. The van der Waals surface area contributed by atoms with Crippen molar-refractivity contribution in [3.8, 4) is 0 Å². The second-order valence-corrected chi connectivity index (χ2v) is 3.10. The predicted octanol–water partition coefficient (Wildman–Crippen LogP) is 0.619. The summed E-state index contributed by atoms with van der Waals surface area (Å²) in [5.74, 6) is 0. The van der Waals surface area contributed by atoms with Gasteiger partial charge in [-0.3, -0.25) is 0 Å². The van der Waals surface area contributed by atoms with Crippen LogP contribution in [0.3, 0.4) is 0 Å². The maximum atomic E-state index is 9.39. The molecule has 82 valence electrons. The van der Waals surface area contributed by atoms with Crippen molar-refractivity contribution in [2.45, 2.75) is 0 Å². The summed E-state index contributed by atoms with van der Waals surface area (Å²) in [5.41, 5.74) is 0. The zero-order valence-corrected chi connectivity index (χ0v) is 9.18. The van der Waals surface area contributed by atoms with Gasteiger partial charge in [-0.05, 0) is 0 Å². The standard InChI is InChI=1S/C2H4O.O5P2.HO3P/c1-2-3;1-6(2)5-7(3)4;1-4(2)3/h2-3H,1H2;;(H-,1,2,3)/p+3. The van der Waals surface area contributed by atoms with Gasteiger partial charge in [-0.1, -0.05) is 6.58 Å². The molecule has 0 rings (SSSR count). The fourth-order valence-electron chi connectivity index (χ4n) is 0.0598. The summed E-state index contributed by atoms with van der Waals surface area (Å²) >= 11 is 0. The summed E-state index contributed by atoms with van der Waals surface area (Å²) in [7, 11) is -8.72. The van der Waals surface area contributed by atoms with Crippen LogP contribution in [0.25, 0.3) is 0 Å². The molecule has 0 saturated heterocycles. The van der Waals surface area contributed by atoms with E-state index in [9.17, 15) is 9.13 Å². The Morgan fingerprint density at radius 3 is 1.14 bits per heavy atom. The molecule has 5 N–H and O–H groups in total. The van der Waals surface area contributed by atoms with Crippen LogP contribution in [-0.4, -0.2) is 24.7 Å². The largest absolute Gasteiger partial charge is 0.745 e.